The number of aromatic nitrogens is 3. The van der Waals surface area contributed by atoms with Crippen molar-refractivity contribution < 1.29 is 28.5 Å². The van der Waals surface area contributed by atoms with Crippen LogP contribution in [0.25, 0.3) is 32.9 Å². The predicted octanol–water partition coefficient (Wildman–Crippen LogP) is 4.46. The Morgan fingerprint density at radius 3 is 2.85 bits per heavy atom. The highest BCUT2D eigenvalue weighted by Crippen LogP contribution is 2.46. The number of ether oxygens (including phenoxy) is 2. The number of benzene rings is 2. The maximum absolute atomic E-state index is 17.1. The Hall–Kier alpha value is -3.87. The van der Waals surface area contributed by atoms with E-state index in [1.807, 2.05) is 6.92 Å². The number of phenols is 1. The van der Waals surface area contributed by atoms with Crippen molar-refractivity contribution in [2.24, 2.45) is 0 Å². The number of aromatic hydroxyl groups is 1. The molecule has 12 heteroatoms. The number of hydrogen-bond acceptors (Lipinski definition) is 10. The molecule has 47 heavy (non-hydrogen) atoms. The second-order valence-corrected chi connectivity index (χ2v) is 13.9. The second-order valence-electron chi connectivity index (χ2n) is 13.9. The van der Waals surface area contributed by atoms with Crippen LogP contribution < -0.4 is 19.7 Å². The average molecular weight is 645 g/mol. The summed E-state index contributed by atoms with van der Waals surface area (Å²) in [6.07, 6.45) is 6.19. The van der Waals surface area contributed by atoms with Crippen LogP contribution in [0.15, 0.2) is 24.3 Å². The van der Waals surface area contributed by atoms with E-state index in [9.17, 15) is 10.2 Å². The highest BCUT2D eigenvalue weighted by atomic mass is 19.1. The van der Waals surface area contributed by atoms with Gasteiger partial charge >= 0.3 is 6.01 Å². The number of nitrogens with zero attached hydrogens (tertiary/aromatic N) is 5. The number of anilines is 1. The van der Waals surface area contributed by atoms with Gasteiger partial charge in [-0.2, -0.15) is 9.97 Å². The summed E-state index contributed by atoms with van der Waals surface area (Å²) in [7, 11) is 0. The molecule has 3 N–H and O–H groups in total. The largest absolute Gasteiger partial charge is 0.508 e. The van der Waals surface area contributed by atoms with E-state index in [2.05, 4.69) is 15.1 Å². The number of aliphatic hydroxyl groups excluding tert-OH is 1. The van der Waals surface area contributed by atoms with Crippen LogP contribution in [0.2, 0.25) is 0 Å². The predicted molar refractivity (Wildman–Crippen MR) is 172 cm³/mol. The average Bonchev–Trinajstić information content (AvgIpc) is 3.74. The highest BCUT2D eigenvalue weighted by Gasteiger charge is 2.50. The molecule has 7 heterocycles. The quantitative estimate of drug-likeness (QED) is 0.278. The smallest absolute Gasteiger partial charge is 0.319 e. The molecule has 2 aromatic heterocycles. The molecule has 0 unspecified atom stereocenters. The zero-order chi connectivity index (χ0) is 32.0. The molecule has 4 saturated heterocycles. The molecule has 5 aliphatic rings. The summed E-state index contributed by atoms with van der Waals surface area (Å²) in [5.41, 5.74) is 0.403. The number of aryl methyl sites for hydroxylation is 1. The van der Waals surface area contributed by atoms with Gasteiger partial charge in [0.2, 0.25) is 5.88 Å². The molecule has 10 nitrogen and oxygen atoms in total. The summed E-state index contributed by atoms with van der Waals surface area (Å²) >= 11 is 0. The number of rotatable bonds is 6. The van der Waals surface area contributed by atoms with E-state index in [0.717, 1.165) is 45.1 Å². The molecule has 0 amide bonds. The number of halogens is 2. The van der Waals surface area contributed by atoms with Gasteiger partial charge in [0.25, 0.3) is 0 Å². The van der Waals surface area contributed by atoms with E-state index >= 15 is 8.78 Å². The van der Waals surface area contributed by atoms with Gasteiger partial charge < -0.3 is 29.9 Å². The van der Waals surface area contributed by atoms with E-state index in [0.29, 0.717) is 53.7 Å². The van der Waals surface area contributed by atoms with Gasteiger partial charge in [-0.1, -0.05) is 13.0 Å². The zero-order valence-electron chi connectivity index (χ0n) is 26.3. The fraction of sp³-hybridized carbons (Fsp3) is 0.514. The number of hydrogen-bond donors (Lipinski definition) is 3. The number of phenolic OH excluding ortho intramolecular Hbond substituents is 1. The minimum atomic E-state index is -0.711. The third-order valence-corrected chi connectivity index (χ3v) is 11.4. The normalized spacial score (nSPS) is 28.0. The first-order valence-electron chi connectivity index (χ1n) is 16.9. The van der Waals surface area contributed by atoms with E-state index in [-0.39, 0.29) is 70.7 Å². The lowest BCUT2D eigenvalue weighted by atomic mass is 9.94. The highest BCUT2D eigenvalue weighted by molar-refractivity contribution is 6.03. The number of aliphatic hydroxyl groups is 1. The number of fused-ring (bicyclic) bond motifs is 7. The van der Waals surface area contributed by atoms with Crippen molar-refractivity contribution in [2.75, 3.05) is 37.8 Å². The van der Waals surface area contributed by atoms with Crippen LogP contribution in [0.5, 0.6) is 17.6 Å². The summed E-state index contributed by atoms with van der Waals surface area (Å²) < 4.78 is 45.1. The Kier molecular flexibility index (Phi) is 6.75. The molecule has 5 aliphatic heterocycles. The Labute approximate surface area is 270 Å². The molecular weight excluding hydrogens is 606 g/mol. The van der Waals surface area contributed by atoms with Crippen LogP contribution in [0, 0.1) is 11.6 Å². The number of nitrogens with one attached hydrogen (secondary N) is 1. The van der Waals surface area contributed by atoms with Crippen molar-refractivity contribution in [2.45, 2.75) is 81.6 Å². The van der Waals surface area contributed by atoms with Crippen molar-refractivity contribution in [1.82, 2.24) is 25.2 Å². The van der Waals surface area contributed by atoms with Gasteiger partial charge in [0.15, 0.2) is 5.82 Å². The van der Waals surface area contributed by atoms with Crippen LogP contribution in [0.1, 0.15) is 51.0 Å². The van der Waals surface area contributed by atoms with Gasteiger partial charge in [-0.25, -0.2) is 13.8 Å². The summed E-state index contributed by atoms with van der Waals surface area (Å²) in [6, 6.07) is 6.54. The first kappa shape index (κ1) is 29.3. The summed E-state index contributed by atoms with van der Waals surface area (Å²) in [6.45, 7) is 4.21. The molecule has 2 aromatic carbocycles. The maximum Gasteiger partial charge on any atom is 0.319 e. The fourth-order valence-corrected chi connectivity index (χ4v) is 9.20. The van der Waals surface area contributed by atoms with E-state index < -0.39 is 11.6 Å². The van der Waals surface area contributed by atoms with Crippen LogP contribution in [-0.4, -0.2) is 92.7 Å². The van der Waals surface area contributed by atoms with Gasteiger partial charge in [-0.15, -0.1) is 0 Å². The van der Waals surface area contributed by atoms with E-state index in [1.165, 1.54) is 12.1 Å². The Morgan fingerprint density at radius 1 is 1.11 bits per heavy atom. The van der Waals surface area contributed by atoms with Gasteiger partial charge in [0, 0.05) is 30.2 Å². The van der Waals surface area contributed by atoms with E-state index in [4.69, 9.17) is 24.4 Å². The summed E-state index contributed by atoms with van der Waals surface area (Å²) in [4.78, 5) is 19.0. The monoisotopic (exact) mass is 644 g/mol. The fourth-order valence-electron chi connectivity index (χ4n) is 9.20. The molecule has 9 rings (SSSR count). The molecule has 4 fully saturated rings. The van der Waals surface area contributed by atoms with Crippen molar-refractivity contribution >= 4 is 27.5 Å². The third kappa shape index (κ3) is 4.40. The van der Waals surface area contributed by atoms with Crippen molar-refractivity contribution in [1.29, 1.82) is 0 Å². The van der Waals surface area contributed by atoms with Crippen molar-refractivity contribution in [3.8, 4) is 28.9 Å². The topological polar surface area (TPSA) is 116 Å². The molecule has 5 atom stereocenters. The first-order chi connectivity index (χ1) is 22.9. The number of pyridine rings is 1. The second kappa shape index (κ2) is 10.8. The zero-order valence-corrected chi connectivity index (χ0v) is 26.3. The summed E-state index contributed by atoms with van der Waals surface area (Å²) in [5, 5.41) is 25.8. The molecule has 0 saturated carbocycles. The minimum Gasteiger partial charge on any atom is -0.508 e. The number of piperazine rings is 1. The molecule has 0 spiro atoms. The maximum atomic E-state index is 17.1. The molecule has 246 valence electrons. The SMILES string of the molecule is CCc1c(F)ccc2cc(O)cc(-c3nc4c5c(nc(OC[C@@]67CCCN6[C@@H](CO)CC7)nc5c3F)N3C[C@@H]5CC[C@@H](N5)[C@@H]3CO4)c12. The summed E-state index contributed by atoms with van der Waals surface area (Å²) in [5.74, 6) is -0.453. The molecule has 0 aliphatic carbocycles. The standard InChI is InChI=1S/C35H38F2N6O4/c1-2-22-24(36)6-4-18-12-21(45)13-23(27(18)22)30-29(37)31-28-32(42-14-19-5-7-25(38-19)26(42)16-46-33(28)39-30)41-34(40-31)47-17-35-9-3-11-43(35)20(15-44)8-10-35/h4,6,12-13,19-20,25-26,38,44-45H,2-3,5,7-11,14-17H2,1H3/t19-,20+,25+,26-,35-/m0/s1. The van der Waals surface area contributed by atoms with Crippen LogP contribution in [-0.2, 0) is 6.42 Å². The first-order valence-corrected chi connectivity index (χ1v) is 16.9. The van der Waals surface area contributed by atoms with Crippen LogP contribution >= 0.6 is 0 Å². The van der Waals surface area contributed by atoms with Crippen LogP contribution in [0.3, 0.4) is 0 Å². The van der Waals surface area contributed by atoms with Gasteiger partial charge in [0.05, 0.1) is 18.2 Å². The lowest BCUT2D eigenvalue weighted by Gasteiger charge is -2.40. The molecule has 2 bridgehead atoms. The van der Waals surface area contributed by atoms with Crippen molar-refractivity contribution in [3.63, 3.8) is 0 Å². The third-order valence-electron chi connectivity index (χ3n) is 11.4. The van der Waals surface area contributed by atoms with Crippen molar-refractivity contribution in [3.05, 3.63) is 41.5 Å². The molecule has 0 radical (unpaired) electrons. The minimum absolute atomic E-state index is 0.0166. The lowest BCUT2D eigenvalue weighted by molar-refractivity contribution is 0.0644. The van der Waals surface area contributed by atoms with Gasteiger partial charge in [-0.05, 0) is 86.0 Å². The van der Waals surface area contributed by atoms with Gasteiger partial charge in [-0.3, -0.25) is 4.90 Å². The van der Waals surface area contributed by atoms with Crippen LogP contribution in [0.4, 0.5) is 14.6 Å². The Bertz CT molecular complexity index is 1930. The Balaban J connectivity index is 1.23. The van der Waals surface area contributed by atoms with Gasteiger partial charge in [0.1, 0.15) is 47.2 Å². The Morgan fingerprint density at radius 2 is 2.00 bits per heavy atom. The molecule has 4 aromatic rings. The lowest BCUT2D eigenvalue weighted by Crippen LogP contribution is -2.60. The van der Waals surface area contributed by atoms with E-state index in [1.54, 1.807) is 12.1 Å². The molecular formula is C35H38F2N6O4.